The summed E-state index contributed by atoms with van der Waals surface area (Å²) in [5.74, 6) is 1.95. The molecular formula is C26H36N8O. The molecule has 9 heteroatoms. The molecule has 9 nitrogen and oxygen atoms in total. The number of piperidine rings is 1. The van der Waals surface area contributed by atoms with Gasteiger partial charge in [0, 0.05) is 56.3 Å². The van der Waals surface area contributed by atoms with Gasteiger partial charge in [-0.2, -0.15) is 0 Å². The molecule has 0 atom stereocenters. The molecule has 0 radical (unpaired) electrons. The van der Waals surface area contributed by atoms with Crippen molar-refractivity contribution in [2.24, 2.45) is 23.3 Å². The lowest BCUT2D eigenvalue weighted by Gasteiger charge is -2.31. The van der Waals surface area contributed by atoms with Crippen molar-refractivity contribution in [2.45, 2.75) is 33.6 Å². The quantitative estimate of drug-likeness (QED) is 0.276. The maximum Gasteiger partial charge on any atom is 0.219 e. The van der Waals surface area contributed by atoms with E-state index < -0.39 is 0 Å². The number of amides is 1. The number of aromatic nitrogens is 2. The molecule has 186 valence electrons. The molecule has 3 rings (SSSR count). The van der Waals surface area contributed by atoms with Gasteiger partial charge in [0.05, 0.1) is 11.0 Å². The number of carbonyl (C=O) groups is 1. The summed E-state index contributed by atoms with van der Waals surface area (Å²) in [4.78, 5) is 22.5. The molecule has 1 saturated heterocycles. The van der Waals surface area contributed by atoms with Crippen LogP contribution >= 0.6 is 0 Å². The molecule has 1 aliphatic heterocycles. The van der Waals surface area contributed by atoms with E-state index in [1.807, 2.05) is 43.1 Å². The third kappa shape index (κ3) is 7.05. The number of nitrogens with one attached hydrogen (secondary N) is 3. The van der Waals surface area contributed by atoms with Crippen LogP contribution in [-0.4, -0.2) is 46.6 Å². The second kappa shape index (κ2) is 12.0. The maximum atomic E-state index is 11.5. The lowest BCUT2D eigenvalue weighted by Crippen LogP contribution is -2.39. The van der Waals surface area contributed by atoms with Crippen molar-refractivity contribution in [3.8, 4) is 0 Å². The molecule has 0 bridgehead atoms. The van der Waals surface area contributed by atoms with E-state index in [4.69, 9.17) is 16.9 Å². The van der Waals surface area contributed by atoms with Gasteiger partial charge in [0.1, 0.15) is 11.6 Å². The number of hydrogen-bond acceptors (Lipinski definition) is 8. The van der Waals surface area contributed by atoms with Crippen molar-refractivity contribution in [1.29, 1.82) is 5.41 Å². The number of carbonyl (C=O) groups excluding carboxylic acids is 1. The van der Waals surface area contributed by atoms with Crippen LogP contribution in [0.2, 0.25) is 0 Å². The van der Waals surface area contributed by atoms with E-state index in [2.05, 4.69) is 20.6 Å². The number of fused-ring (bicyclic) bond motifs is 1. The average Bonchev–Trinajstić information content (AvgIpc) is 2.85. The van der Waals surface area contributed by atoms with E-state index in [0.29, 0.717) is 23.1 Å². The van der Waals surface area contributed by atoms with Gasteiger partial charge in [-0.1, -0.05) is 13.8 Å². The van der Waals surface area contributed by atoms with Gasteiger partial charge in [-0.25, -0.2) is 4.98 Å². The molecule has 0 aliphatic carbocycles. The highest BCUT2D eigenvalue weighted by Gasteiger charge is 2.20. The Bertz CT molecular complexity index is 1140. The molecule has 35 heavy (non-hydrogen) atoms. The molecule has 2 aromatic rings. The zero-order valence-corrected chi connectivity index (χ0v) is 20.7. The van der Waals surface area contributed by atoms with Gasteiger partial charge >= 0.3 is 0 Å². The van der Waals surface area contributed by atoms with Crippen LogP contribution in [0.4, 0.5) is 5.82 Å². The van der Waals surface area contributed by atoms with Crippen LogP contribution in [-0.2, 0) is 4.79 Å². The Balaban J connectivity index is 1.69. The van der Waals surface area contributed by atoms with Gasteiger partial charge in [0.25, 0.3) is 0 Å². The topological polar surface area (TPSA) is 146 Å². The summed E-state index contributed by atoms with van der Waals surface area (Å²) in [5.41, 5.74) is 15.7. The normalized spacial score (nSPS) is 16.0. The summed E-state index contributed by atoms with van der Waals surface area (Å²) in [7, 11) is 0. The number of nitrogens with zero attached hydrogens (tertiary/aromatic N) is 3. The molecule has 1 aliphatic rings. The number of hydrogen-bond donors (Lipinski definition) is 5. The minimum Gasteiger partial charge on any atom is -0.404 e. The summed E-state index contributed by atoms with van der Waals surface area (Å²) >= 11 is 0. The van der Waals surface area contributed by atoms with Gasteiger partial charge in [0.2, 0.25) is 5.91 Å². The van der Waals surface area contributed by atoms with Crippen molar-refractivity contribution < 1.29 is 4.79 Å². The minimum absolute atomic E-state index is 0.143. The Morgan fingerprint density at radius 3 is 2.66 bits per heavy atom. The Hall–Kier alpha value is -3.88. The van der Waals surface area contributed by atoms with Crippen LogP contribution in [0.25, 0.3) is 16.6 Å². The third-order valence-corrected chi connectivity index (χ3v) is 6.20. The van der Waals surface area contributed by atoms with Crippen LogP contribution in [0, 0.1) is 17.2 Å². The zero-order valence-electron chi connectivity index (χ0n) is 20.7. The number of rotatable bonds is 9. The first-order valence-electron chi connectivity index (χ1n) is 11.9. The summed E-state index contributed by atoms with van der Waals surface area (Å²) in [6, 6.07) is 5.61. The van der Waals surface area contributed by atoms with E-state index in [1.165, 1.54) is 6.21 Å². The molecule has 7 N–H and O–H groups in total. The lowest BCUT2D eigenvalue weighted by atomic mass is 9.97. The van der Waals surface area contributed by atoms with Crippen LogP contribution in [0.15, 0.2) is 54.3 Å². The molecule has 3 heterocycles. The Kier molecular flexibility index (Phi) is 8.83. The van der Waals surface area contributed by atoms with Gasteiger partial charge in [-0.15, -0.1) is 0 Å². The number of nitrogens with two attached hydrogens (primary N) is 2. The third-order valence-electron chi connectivity index (χ3n) is 6.20. The summed E-state index contributed by atoms with van der Waals surface area (Å²) in [5, 5.41) is 14.3. The van der Waals surface area contributed by atoms with Gasteiger partial charge < -0.3 is 32.4 Å². The van der Waals surface area contributed by atoms with Crippen LogP contribution < -0.4 is 22.1 Å². The fraction of sp³-hybridized carbons (Fsp3) is 0.385. The number of anilines is 1. The van der Waals surface area contributed by atoms with E-state index in [1.54, 1.807) is 25.4 Å². The first-order chi connectivity index (χ1) is 16.8. The fourth-order valence-corrected chi connectivity index (χ4v) is 4.00. The predicted octanol–water partition coefficient (Wildman–Crippen LogP) is 3.18. The molecule has 1 amide bonds. The number of likely N-dealkylation sites (tertiary alicyclic amines) is 1. The Morgan fingerprint density at radius 1 is 1.29 bits per heavy atom. The SMILES string of the molecule is CC(=O)N1CCC(CN/C=C(\C=N)c2cnc3ccc(N/C(N)=C/C(=C\N)C(C)C)nc3c2)CC1. The van der Waals surface area contributed by atoms with E-state index in [9.17, 15) is 4.79 Å². The average molecular weight is 477 g/mol. The molecule has 2 aromatic heterocycles. The molecule has 1 fully saturated rings. The predicted molar refractivity (Wildman–Crippen MR) is 142 cm³/mol. The first kappa shape index (κ1) is 25.7. The van der Waals surface area contributed by atoms with Crippen molar-refractivity contribution in [3.63, 3.8) is 0 Å². The molecule has 0 unspecified atom stereocenters. The summed E-state index contributed by atoms with van der Waals surface area (Å²) < 4.78 is 0. The van der Waals surface area contributed by atoms with Crippen molar-refractivity contribution >= 4 is 34.5 Å². The van der Waals surface area contributed by atoms with Gasteiger partial charge in [-0.05, 0) is 60.7 Å². The standard InChI is InChI=1S/C26H36N8O/c1-17(2)20(12-27)11-25(29)33-26-5-4-23-24(32-26)10-21(16-31-23)22(13-28)15-30-14-19-6-8-34(9-7-19)18(3)35/h4-5,10-13,15-17,19,28,30H,6-9,14,27,29H2,1-3H3,(H,32,33)/b20-12+,22-15+,25-11+,28-13?. The van der Waals surface area contributed by atoms with Crippen molar-refractivity contribution in [1.82, 2.24) is 20.2 Å². The summed E-state index contributed by atoms with van der Waals surface area (Å²) in [6.07, 6.45) is 10.2. The lowest BCUT2D eigenvalue weighted by molar-refractivity contribution is -0.130. The summed E-state index contributed by atoms with van der Waals surface area (Å²) in [6.45, 7) is 8.13. The number of allylic oxidation sites excluding steroid dienone is 3. The van der Waals surface area contributed by atoms with Crippen molar-refractivity contribution in [2.75, 3.05) is 25.0 Å². The van der Waals surface area contributed by atoms with E-state index in [-0.39, 0.29) is 11.8 Å². The Morgan fingerprint density at radius 2 is 2.03 bits per heavy atom. The molecule has 0 saturated carbocycles. The van der Waals surface area contributed by atoms with Gasteiger partial charge in [0.15, 0.2) is 0 Å². The minimum atomic E-state index is 0.143. The highest BCUT2D eigenvalue weighted by atomic mass is 16.2. The van der Waals surface area contributed by atoms with Crippen LogP contribution in [0.5, 0.6) is 0 Å². The van der Waals surface area contributed by atoms with Crippen LogP contribution in [0.3, 0.4) is 0 Å². The van der Waals surface area contributed by atoms with Crippen LogP contribution in [0.1, 0.15) is 39.2 Å². The largest absolute Gasteiger partial charge is 0.404 e. The first-order valence-corrected chi connectivity index (χ1v) is 11.9. The Labute approximate surface area is 206 Å². The maximum absolute atomic E-state index is 11.5. The molecule has 0 spiro atoms. The monoisotopic (exact) mass is 476 g/mol. The fourth-order valence-electron chi connectivity index (χ4n) is 4.00. The highest BCUT2D eigenvalue weighted by Crippen LogP contribution is 2.20. The van der Waals surface area contributed by atoms with Crippen molar-refractivity contribution in [3.05, 3.63) is 59.8 Å². The smallest absolute Gasteiger partial charge is 0.219 e. The van der Waals surface area contributed by atoms with Gasteiger partial charge in [-0.3, -0.25) is 9.78 Å². The van der Waals surface area contributed by atoms with E-state index in [0.717, 1.165) is 54.7 Å². The highest BCUT2D eigenvalue weighted by molar-refractivity contribution is 6.08. The second-order valence-electron chi connectivity index (χ2n) is 9.11. The zero-order chi connectivity index (χ0) is 25.4. The molecule has 0 aromatic carbocycles. The second-order valence-corrected chi connectivity index (χ2v) is 9.11. The molecular weight excluding hydrogens is 440 g/mol. The number of pyridine rings is 2. The van der Waals surface area contributed by atoms with E-state index >= 15 is 0 Å².